The van der Waals surface area contributed by atoms with Crippen molar-refractivity contribution in [2.24, 2.45) is 0 Å². The van der Waals surface area contributed by atoms with Crippen LogP contribution in [0.2, 0.25) is 0 Å². The Labute approximate surface area is 155 Å². The van der Waals surface area contributed by atoms with Crippen LogP contribution < -0.4 is 5.32 Å². The van der Waals surface area contributed by atoms with Gasteiger partial charge in [0.05, 0.1) is 0 Å². The third-order valence-electron chi connectivity index (χ3n) is 5.25. The minimum atomic E-state index is -0.0430. The molecule has 1 N–H and O–H groups in total. The molecule has 0 aliphatic heterocycles. The monoisotopic (exact) mass is 349 g/mol. The zero-order valence-electron chi connectivity index (χ0n) is 15.9. The van der Waals surface area contributed by atoms with Crippen molar-refractivity contribution >= 4 is 11.7 Å². The highest BCUT2D eigenvalue weighted by Gasteiger charge is 2.18. The molecule has 0 atom stereocenters. The lowest BCUT2D eigenvalue weighted by molar-refractivity contribution is 0.0926. The molecule has 0 spiro atoms. The van der Waals surface area contributed by atoms with Gasteiger partial charge < -0.3 is 5.32 Å². The Morgan fingerprint density at radius 1 is 0.846 bits per heavy atom. The molecular weight excluding hydrogens is 322 g/mol. The van der Waals surface area contributed by atoms with Crippen molar-refractivity contribution in [3.05, 3.63) is 69.8 Å². The van der Waals surface area contributed by atoms with E-state index >= 15 is 0 Å². The number of nitrogens with one attached hydrogen (secondary N) is 1. The van der Waals surface area contributed by atoms with Crippen molar-refractivity contribution in [2.75, 3.05) is 0 Å². The van der Waals surface area contributed by atoms with E-state index in [-0.39, 0.29) is 17.7 Å². The second-order valence-electron chi connectivity index (χ2n) is 7.49. The number of ketones is 1. The van der Waals surface area contributed by atoms with E-state index in [0.717, 1.165) is 35.1 Å². The molecule has 0 radical (unpaired) electrons. The predicted molar refractivity (Wildman–Crippen MR) is 105 cm³/mol. The first-order valence-corrected chi connectivity index (χ1v) is 9.49. The molecule has 1 saturated carbocycles. The van der Waals surface area contributed by atoms with Gasteiger partial charge in [0.2, 0.25) is 0 Å². The van der Waals surface area contributed by atoms with E-state index in [1.54, 1.807) is 24.3 Å². The molecule has 0 aromatic heterocycles. The van der Waals surface area contributed by atoms with E-state index in [2.05, 4.69) is 5.32 Å². The minimum Gasteiger partial charge on any atom is -0.349 e. The van der Waals surface area contributed by atoms with E-state index in [4.69, 9.17) is 0 Å². The molecule has 3 rings (SSSR count). The standard InChI is InChI=1S/C23H27NO2/c1-15-13-16(2)21(17(3)14-15)22(25)18-9-11-19(12-10-18)23(26)24-20-7-5-4-6-8-20/h9-14,20H,4-8H2,1-3H3,(H,24,26). The maximum atomic E-state index is 12.9. The Balaban J connectivity index is 1.75. The number of aryl methyl sites for hydroxylation is 3. The summed E-state index contributed by atoms with van der Waals surface area (Å²) in [5, 5.41) is 3.12. The van der Waals surface area contributed by atoms with Crippen molar-refractivity contribution < 1.29 is 9.59 Å². The summed E-state index contributed by atoms with van der Waals surface area (Å²) in [4.78, 5) is 25.3. The maximum Gasteiger partial charge on any atom is 0.251 e. The van der Waals surface area contributed by atoms with Crippen LogP contribution in [0.4, 0.5) is 0 Å². The van der Waals surface area contributed by atoms with Gasteiger partial charge in [0, 0.05) is 22.7 Å². The van der Waals surface area contributed by atoms with Crippen molar-refractivity contribution in [1.82, 2.24) is 5.32 Å². The number of hydrogen-bond acceptors (Lipinski definition) is 2. The van der Waals surface area contributed by atoms with Gasteiger partial charge >= 0.3 is 0 Å². The molecule has 0 unspecified atom stereocenters. The van der Waals surface area contributed by atoms with Gasteiger partial charge in [0.25, 0.3) is 5.91 Å². The molecule has 0 saturated heterocycles. The Bertz CT molecular complexity index is 792. The summed E-state index contributed by atoms with van der Waals surface area (Å²) < 4.78 is 0. The fourth-order valence-electron chi connectivity index (χ4n) is 3.97. The molecule has 136 valence electrons. The second-order valence-corrected chi connectivity index (χ2v) is 7.49. The van der Waals surface area contributed by atoms with Crippen molar-refractivity contribution in [2.45, 2.75) is 58.9 Å². The Morgan fingerprint density at radius 2 is 1.38 bits per heavy atom. The summed E-state index contributed by atoms with van der Waals surface area (Å²) in [6.45, 7) is 5.98. The molecule has 3 nitrogen and oxygen atoms in total. The van der Waals surface area contributed by atoms with Gasteiger partial charge in [0.15, 0.2) is 5.78 Å². The van der Waals surface area contributed by atoms with Crippen LogP contribution in [-0.2, 0) is 0 Å². The van der Waals surface area contributed by atoms with Gasteiger partial charge in [-0.05, 0) is 56.9 Å². The highest BCUT2D eigenvalue weighted by atomic mass is 16.1. The van der Waals surface area contributed by atoms with Gasteiger partial charge in [-0.3, -0.25) is 9.59 Å². The summed E-state index contributed by atoms with van der Waals surface area (Å²) in [5.74, 6) is -0.0298. The van der Waals surface area contributed by atoms with Crippen LogP contribution in [0.1, 0.15) is 75.1 Å². The lowest BCUT2D eigenvalue weighted by Gasteiger charge is -2.22. The largest absolute Gasteiger partial charge is 0.349 e. The summed E-state index contributed by atoms with van der Waals surface area (Å²) in [6, 6.07) is 11.4. The first kappa shape index (κ1) is 18.4. The van der Waals surface area contributed by atoms with E-state index in [1.165, 1.54) is 19.3 Å². The van der Waals surface area contributed by atoms with E-state index in [0.29, 0.717) is 11.1 Å². The molecule has 2 aromatic rings. The van der Waals surface area contributed by atoms with Crippen LogP contribution >= 0.6 is 0 Å². The molecular formula is C23H27NO2. The first-order chi connectivity index (χ1) is 12.5. The van der Waals surface area contributed by atoms with E-state index < -0.39 is 0 Å². The molecule has 1 aliphatic rings. The maximum absolute atomic E-state index is 12.9. The normalized spacial score (nSPS) is 14.9. The van der Waals surface area contributed by atoms with Crippen LogP contribution in [0.3, 0.4) is 0 Å². The molecule has 0 bridgehead atoms. The van der Waals surface area contributed by atoms with Crippen LogP contribution in [0.5, 0.6) is 0 Å². The van der Waals surface area contributed by atoms with Crippen LogP contribution in [0, 0.1) is 20.8 Å². The number of carbonyl (C=O) groups is 2. The smallest absolute Gasteiger partial charge is 0.251 e. The van der Waals surface area contributed by atoms with Gasteiger partial charge in [-0.25, -0.2) is 0 Å². The molecule has 26 heavy (non-hydrogen) atoms. The fourth-order valence-corrected chi connectivity index (χ4v) is 3.97. The topological polar surface area (TPSA) is 46.2 Å². The third kappa shape index (κ3) is 4.04. The van der Waals surface area contributed by atoms with Crippen molar-refractivity contribution in [1.29, 1.82) is 0 Å². The lowest BCUT2D eigenvalue weighted by atomic mass is 9.92. The summed E-state index contributed by atoms with van der Waals surface area (Å²) in [7, 11) is 0. The number of amides is 1. The minimum absolute atomic E-state index is 0.0132. The highest BCUT2D eigenvalue weighted by Crippen LogP contribution is 2.21. The number of benzene rings is 2. The molecule has 1 amide bonds. The van der Waals surface area contributed by atoms with Crippen LogP contribution in [-0.4, -0.2) is 17.7 Å². The van der Waals surface area contributed by atoms with Crippen LogP contribution in [0.15, 0.2) is 36.4 Å². The third-order valence-corrected chi connectivity index (χ3v) is 5.25. The van der Waals surface area contributed by atoms with E-state index in [1.807, 2.05) is 32.9 Å². The SMILES string of the molecule is Cc1cc(C)c(C(=O)c2ccc(C(=O)NC3CCCCC3)cc2)c(C)c1. The average Bonchev–Trinajstić information content (AvgIpc) is 2.61. The van der Waals surface area contributed by atoms with Gasteiger partial charge in [-0.15, -0.1) is 0 Å². The number of rotatable bonds is 4. The Morgan fingerprint density at radius 3 is 1.96 bits per heavy atom. The molecule has 1 aliphatic carbocycles. The Kier molecular flexibility index (Phi) is 5.55. The molecule has 0 heterocycles. The number of hydrogen-bond donors (Lipinski definition) is 1. The summed E-state index contributed by atoms with van der Waals surface area (Å²) >= 11 is 0. The Hall–Kier alpha value is -2.42. The molecule has 3 heteroatoms. The van der Waals surface area contributed by atoms with E-state index in [9.17, 15) is 9.59 Å². The van der Waals surface area contributed by atoms with Crippen molar-refractivity contribution in [3.63, 3.8) is 0 Å². The summed E-state index contributed by atoms with van der Waals surface area (Å²) in [6.07, 6.45) is 5.77. The van der Waals surface area contributed by atoms with Gasteiger partial charge in [-0.2, -0.15) is 0 Å². The van der Waals surface area contributed by atoms with Crippen LogP contribution in [0.25, 0.3) is 0 Å². The second kappa shape index (κ2) is 7.86. The average molecular weight is 349 g/mol. The predicted octanol–water partition coefficient (Wildman–Crippen LogP) is 4.91. The summed E-state index contributed by atoms with van der Waals surface area (Å²) in [5.41, 5.74) is 5.14. The highest BCUT2D eigenvalue weighted by molar-refractivity contribution is 6.11. The zero-order chi connectivity index (χ0) is 18.7. The zero-order valence-corrected chi connectivity index (χ0v) is 15.9. The van der Waals surface area contributed by atoms with Gasteiger partial charge in [-0.1, -0.05) is 49.1 Å². The fraction of sp³-hybridized carbons (Fsp3) is 0.391. The lowest BCUT2D eigenvalue weighted by Crippen LogP contribution is -2.36. The number of carbonyl (C=O) groups excluding carboxylic acids is 2. The molecule has 2 aromatic carbocycles. The quantitative estimate of drug-likeness (QED) is 0.798. The van der Waals surface area contributed by atoms with Gasteiger partial charge in [0.1, 0.15) is 0 Å². The first-order valence-electron chi connectivity index (χ1n) is 9.49. The molecule has 1 fully saturated rings. The van der Waals surface area contributed by atoms with Crippen molar-refractivity contribution in [3.8, 4) is 0 Å².